The number of carbonyl (C=O) groups is 1. The molecule has 0 fully saturated rings. The lowest BCUT2D eigenvalue weighted by Gasteiger charge is -2.08. The summed E-state index contributed by atoms with van der Waals surface area (Å²) in [5, 5.41) is 14.9. The van der Waals surface area contributed by atoms with Crippen LogP contribution in [0.3, 0.4) is 0 Å². The molecule has 1 aromatic carbocycles. The Morgan fingerprint density at radius 1 is 1.33 bits per heavy atom. The molecule has 3 rings (SSSR count). The molecule has 9 heteroatoms. The Hall–Kier alpha value is -2.81. The lowest BCUT2D eigenvalue weighted by Crippen LogP contribution is -2.24. The topological polar surface area (TPSA) is 95.1 Å². The predicted octanol–water partition coefficient (Wildman–Crippen LogP) is 1.67. The van der Waals surface area contributed by atoms with Gasteiger partial charge in [-0.2, -0.15) is 4.68 Å². The molecule has 124 valence electrons. The van der Waals surface area contributed by atoms with E-state index >= 15 is 0 Å². The summed E-state index contributed by atoms with van der Waals surface area (Å²) in [4.78, 5) is 11.9. The lowest BCUT2D eigenvalue weighted by atomic mass is 10.3. The molecular weight excluding hydrogens is 330 g/mol. The summed E-state index contributed by atoms with van der Waals surface area (Å²) in [6.07, 6.45) is 1.57. The van der Waals surface area contributed by atoms with Gasteiger partial charge in [-0.25, -0.2) is 0 Å². The molecular formula is C15H15N5O3S. The Morgan fingerprint density at radius 2 is 2.21 bits per heavy atom. The van der Waals surface area contributed by atoms with Crippen LogP contribution < -0.4 is 10.1 Å². The van der Waals surface area contributed by atoms with Gasteiger partial charge in [0.2, 0.25) is 11.1 Å². The fourth-order valence-corrected chi connectivity index (χ4v) is 2.72. The number of tetrazole rings is 1. The number of nitrogens with one attached hydrogen (secondary N) is 1. The number of carbonyl (C=O) groups excluding carboxylic acids is 1. The van der Waals surface area contributed by atoms with Crippen molar-refractivity contribution in [2.75, 3.05) is 12.9 Å². The summed E-state index contributed by atoms with van der Waals surface area (Å²) in [5.74, 6) is 1.41. The highest BCUT2D eigenvalue weighted by Crippen LogP contribution is 2.25. The molecule has 0 atom stereocenters. The van der Waals surface area contributed by atoms with Gasteiger partial charge in [0.25, 0.3) is 0 Å². The van der Waals surface area contributed by atoms with Crippen molar-refractivity contribution in [3.63, 3.8) is 0 Å². The van der Waals surface area contributed by atoms with Gasteiger partial charge in [0, 0.05) is 0 Å². The van der Waals surface area contributed by atoms with Crippen molar-refractivity contribution in [3.8, 4) is 11.4 Å². The maximum absolute atomic E-state index is 11.9. The first-order chi connectivity index (χ1) is 11.8. The largest absolute Gasteiger partial charge is 0.494 e. The number of aromatic nitrogens is 4. The van der Waals surface area contributed by atoms with Crippen LogP contribution in [0.25, 0.3) is 5.69 Å². The summed E-state index contributed by atoms with van der Waals surface area (Å²) in [7, 11) is 1.58. The van der Waals surface area contributed by atoms with Crippen LogP contribution in [0.5, 0.6) is 5.75 Å². The molecule has 0 saturated carbocycles. The normalized spacial score (nSPS) is 10.5. The number of nitrogens with zero attached hydrogens (tertiary/aromatic N) is 4. The first kappa shape index (κ1) is 16.1. The minimum atomic E-state index is -0.133. The van der Waals surface area contributed by atoms with E-state index < -0.39 is 0 Å². The van der Waals surface area contributed by atoms with E-state index in [2.05, 4.69) is 20.8 Å². The summed E-state index contributed by atoms with van der Waals surface area (Å²) in [6.45, 7) is 0.351. The first-order valence-corrected chi connectivity index (χ1v) is 8.10. The van der Waals surface area contributed by atoms with Crippen LogP contribution in [0.1, 0.15) is 5.76 Å². The van der Waals surface area contributed by atoms with Crippen LogP contribution in [0.4, 0.5) is 0 Å². The van der Waals surface area contributed by atoms with E-state index in [-0.39, 0.29) is 11.7 Å². The highest BCUT2D eigenvalue weighted by molar-refractivity contribution is 7.99. The molecule has 0 unspecified atom stereocenters. The van der Waals surface area contributed by atoms with Crippen molar-refractivity contribution >= 4 is 17.7 Å². The maximum Gasteiger partial charge on any atom is 0.230 e. The molecule has 1 amide bonds. The number of para-hydroxylation sites is 2. The van der Waals surface area contributed by atoms with Crippen molar-refractivity contribution < 1.29 is 13.9 Å². The molecule has 1 N–H and O–H groups in total. The lowest BCUT2D eigenvalue weighted by molar-refractivity contribution is -0.118. The number of rotatable bonds is 7. The third-order valence-corrected chi connectivity index (χ3v) is 4.05. The molecule has 8 nitrogen and oxygen atoms in total. The van der Waals surface area contributed by atoms with E-state index in [4.69, 9.17) is 9.15 Å². The molecule has 24 heavy (non-hydrogen) atoms. The number of methoxy groups -OCH3 is 1. The minimum absolute atomic E-state index is 0.133. The van der Waals surface area contributed by atoms with Gasteiger partial charge in [-0.15, -0.1) is 5.10 Å². The average molecular weight is 345 g/mol. The molecule has 0 aliphatic heterocycles. The van der Waals surface area contributed by atoms with Crippen molar-refractivity contribution in [1.82, 2.24) is 25.5 Å². The zero-order valence-corrected chi connectivity index (χ0v) is 13.7. The number of furan rings is 1. The standard InChI is InChI=1S/C15H15N5O3S/c1-22-13-7-3-2-6-12(13)20-15(17-18-19-20)24-10-14(21)16-9-11-5-4-8-23-11/h2-8H,9-10H2,1H3,(H,16,21). The van der Waals surface area contributed by atoms with Crippen LogP contribution in [0.2, 0.25) is 0 Å². The van der Waals surface area contributed by atoms with Crippen molar-refractivity contribution in [2.45, 2.75) is 11.7 Å². The summed E-state index contributed by atoms with van der Waals surface area (Å²) >= 11 is 1.24. The van der Waals surface area contributed by atoms with Crippen molar-refractivity contribution in [1.29, 1.82) is 0 Å². The van der Waals surface area contributed by atoms with Gasteiger partial charge in [0.05, 0.1) is 25.7 Å². The van der Waals surface area contributed by atoms with Gasteiger partial charge in [-0.05, 0) is 34.7 Å². The maximum atomic E-state index is 11.9. The monoisotopic (exact) mass is 345 g/mol. The average Bonchev–Trinajstić information content (AvgIpc) is 3.29. The first-order valence-electron chi connectivity index (χ1n) is 7.11. The van der Waals surface area contributed by atoms with Gasteiger partial charge in [-0.1, -0.05) is 23.9 Å². The molecule has 0 spiro atoms. The number of benzene rings is 1. The second-order valence-electron chi connectivity index (χ2n) is 4.69. The molecule has 0 bridgehead atoms. The highest BCUT2D eigenvalue weighted by Gasteiger charge is 2.14. The summed E-state index contributed by atoms with van der Waals surface area (Å²) < 4.78 is 12.0. The van der Waals surface area contributed by atoms with Gasteiger partial charge < -0.3 is 14.5 Å². The Bertz CT molecular complexity index is 803. The molecule has 0 radical (unpaired) electrons. The number of ether oxygens (including phenoxy) is 1. The molecule has 0 aliphatic rings. The third kappa shape index (κ3) is 3.74. The second kappa shape index (κ2) is 7.64. The third-order valence-electron chi connectivity index (χ3n) is 3.13. The van der Waals surface area contributed by atoms with E-state index in [1.54, 1.807) is 30.2 Å². The van der Waals surface area contributed by atoms with Crippen LogP contribution in [0, 0.1) is 0 Å². The van der Waals surface area contributed by atoms with Gasteiger partial charge in [0.15, 0.2) is 0 Å². The SMILES string of the molecule is COc1ccccc1-n1nnnc1SCC(=O)NCc1ccco1. The van der Waals surface area contributed by atoms with Gasteiger partial charge in [0.1, 0.15) is 17.2 Å². The molecule has 2 aromatic heterocycles. The summed E-state index contributed by atoms with van der Waals surface area (Å²) in [5.41, 5.74) is 0.712. The van der Waals surface area contributed by atoms with Gasteiger partial charge >= 0.3 is 0 Å². The van der Waals surface area contributed by atoms with E-state index in [0.29, 0.717) is 28.9 Å². The van der Waals surface area contributed by atoms with Crippen molar-refractivity contribution in [3.05, 3.63) is 48.4 Å². The van der Waals surface area contributed by atoms with E-state index in [0.717, 1.165) is 0 Å². The number of hydrogen-bond donors (Lipinski definition) is 1. The summed E-state index contributed by atoms with van der Waals surface area (Å²) in [6, 6.07) is 11.0. The van der Waals surface area contributed by atoms with Crippen LogP contribution in [-0.4, -0.2) is 39.0 Å². The Labute approximate surface area is 142 Å². The quantitative estimate of drug-likeness (QED) is 0.651. The second-order valence-corrected chi connectivity index (χ2v) is 5.63. The highest BCUT2D eigenvalue weighted by atomic mass is 32.2. The molecule has 0 saturated heterocycles. The number of hydrogen-bond acceptors (Lipinski definition) is 7. The van der Waals surface area contributed by atoms with Crippen molar-refractivity contribution in [2.24, 2.45) is 0 Å². The van der Waals surface area contributed by atoms with Gasteiger partial charge in [-0.3, -0.25) is 4.79 Å². The fraction of sp³-hybridized carbons (Fsp3) is 0.200. The van der Waals surface area contributed by atoms with E-state index in [1.165, 1.54) is 11.8 Å². The zero-order valence-electron chi connectivity index (χ0n) is 12.9. The molecule has 2 heterocycles. The van der Waals surface area contributed by atoms with E-state index in [1.807, 2.05) is 24.3 Å². The Morgan fingerprint density at radius 3 is 3.00 bits per heavy atom. The smallest absolute Gasteiger partial charge is 0.230 e. The van der Waals surface area contributed by atoms with E-state index in [9.17, 15) is 4.79 Å². The predicted molar refractivity (Wildman–Crippen MR) is 87.0 cm³/mol. The minimum Gasteiger partial charge on any atom is -0.494 e. The molecule has 3 aromatic rings. The zero-order chi connectivity index (χ0) is 16.8. The number of thioether (sulfide) groups is 1. The number of amides is 1. The van der Waals surface area contributed by atoms with Crippen LogP contribution in [0.15, 0.2) is 52.2 Å². The fourth-order valence-electron chi connectivity index (χ4n) is 2.00. The van der Waals surface area contributed by atoms with Crippen LogP contribution >= 0.6 is 11.8 Å². The Balaban J connectivity index is 1.62. The molecule has 0 aliphatic carbocycles. The Kier molecular flexibility index (Phi) is 5.12. The van der Waals surface area contributed by atoms with Crippen LogP contribution in [-0.2, 0) is 11.3 Å².